The van der Waals surface area contributed by atoms with Crippen LogP contribution in [0.4, 0.5) is 18.9 Å². The van der Waals surface area contributed by atoms with Crippen molar-refractivity contribution in [1.82, 2.24) is 5.43 Å². The van der Waals surface area contributed by atoms with Crippen LogP contribution in [-0.4, -0.2) is 32.8 Å². The van der Waals surface area contributed by atoms with Crippen molar-refractivity contribution in [2.24, 2.45) is 5.10 Å². The van der Waals surface area contributed by atoms with Crippen LogP contribution in [0.1, 0.15) is 44.1 Å². The molecule has 1 aromatic rings. The Labute approximate surface area is 156 Å². The molecule has 10 heteroatoms. The maximum Gasteiger partial charge on any atom is 0.416 e. The van der Waals surface area contributed by atoms with E-state index in [1.54, 1.807) is 0 Å². The number of anilines is 1. The number of hydrazone groups is 1. The largest absolute Gasteiger partial charge is 0.416 e. The predicted octanol–water partition coefficient (Wildman–Crippen LogP) is 3.30. The molecule has 1 aromatic carbocycles. The lowest BCUT2D eigenvalue weighted by Gasteiger charge is -2.22. The van der Waals surface area contributed by atoms with E-state index in [-0.39, 0.29) is 5.69 Å². The Bertz CT molecular complexity index is 797. The van der Waals surface area contributed by atoms with Crippen LogP contribution in [0.5, 0.6) is 0 Å². The number of carbonyl (C=O) groups is 1. The van der Waals surface area contributed by atoms with Crippen molar-refractivity contribution in [1.29, 1.82) is 0 Å². The van der Waals surface area contributed by atoms with Gasteiger partial charge >= 0.3 is 6.18 Å². The molecule has 2 rings (SSSR count). The summed E-state index contributed by atoms with van der Waals surface area (Å²) in [6.45, 7) is -0.656. The lowest BCUT2D eigenvalue weighted by atomic mass is 10.2. The first kappa shape index (κ1) is 21.2. The number of sulfonamides is 1. The van der Waals surface area contributed by atoms with Gasteiger partial charge in [-0.15, -0.1) is 0 Å². The summed E-state index contributed by atoms with van der Waals surface area (Å²) in [4.78, 5) is 12.1. The maximum atomic E-state index is 12.9. The van der Waals surface area contributed by atoms with Crippen LogP contribution in [0.25, 0.3) is 0 Å². The lowest BCUT2D eigenvalue weighted by molar-refractivity contribution is -0.137. The van der Waals surface area contributed by atoms with Crippen LogP contribution in [0.3, 0.4) is 0 Å². The molecular weight excluding hydrogens is 383 g/mol. The molecule has 0 spiro atoms. The summed E-state index contributed by atoms with van der Waals surface area (Å²) < 4.78 is 63.3. The van der Waals surface area contributed by atoms with Crippen molar-refractivity contribution in [2.75, 3.05) is 17.1 Å². The molecule has 0 radical (unpaired) electrons. The summed E-state index contributed by atoms with van der Waals surface area (Å²) in [5.41, 5.74) is 1.93. The Morgan fingerprint density at radius 3 is 2.37 bits per heavy atom. The Kier molecular flexibility index (Phi) is 6.85. The first-order chi connectivity index (χ1) is 12.6. The number of nitrogens with zero attached hydrogens (tertiary/aromatic N) is 2. The Balaban J connectivity index is 2.15. The summed E-state index contributed by atoms with van der Waals surface area (Å²) in [7, 11) is -3.97. The molecule has 0 bridgehead atoms. The highest BCUT2D eigenvalue weighted by Crippen LogP contribution is 2.32. The van der Waals surface area contributed by atoms with Crippen molar-refractivity contribution in [3.8, 4) is 0 Å². The number of halogens is 3. The van der Waals surface area contributed by atoms with Crippen molar-refractivity contribution in [3.05, 3.63) is 29.8 Å². The minimum atomic E-state index is -4.62. The van der Waals surface area contributed by atoms with Crippen molar-refractivity contribution in [3.63, 3.8) is 0 Å². The zero-order valence-electron chi connectivity index (χ0n) is 14.9. The molecule has 0 aliphatic heterocycles. The second-order valence-corrected chi connectivity index (χ2v) is 8.35. The van der Waals surface area contributed by atoms with E-state index in [4.69, 9.17) is 0 Å². The molecule has 27 heavy (non-hydrogen) atoms. The van der Waals surface area contributed by atoms with Crippen LogP contribution in [0, 0.1) is 0 Å². The smallest absolute Gasteiger partial charge is 0.271 e. The third kappa shape index (κ3) is 6.53. The molecule has 1 fully saturated rings. The highest BCUT2D eigenvalue weighted by atomic mass is 32.2. The maximum absolute atomic E-state index is 12.9. The van der Waals surface area contributed by atoms with Crippen LogP contribution in [0.2, 0.25) is 0 Å². The predicted molar refractivity (Wildman–Crippen MR) is 96.9 cm³/mol. The quantitative estimate of drug-likeness (QED) is 0.603. The van der Waals surface area contributed by atoms with Crippen LogP contribution < -0.4 is 9.73 Å². The molecule has 1 N–H and O–H groups in total. The lowest BCUT2D eigenvalue weighted by Crippen LogP contribution is -2.39. The third-order valence-electron chi connectivity index (χ3n) is 4.17. The monoisotopic (exact) mass is 405 g/mol. The van der Waals surface area contributed by atoms with Crippen molar-refractivity contribution in [2.45, 2.75) is 44.7 Å². The van der Waals surface area contributed by atoms with Gasteiger partial charge in [-0.1, -0.05) is 18.9 Å². The van der Waals surface area contributed by atoms with E-state index in [2.05, 4.69) is 10.5 Å². The average Bonchev–Trinajstić information content (AvgIpc) is 2.85. The van der Waals surface area contributed by atoms with E-state index in [0.29, 0.717) is 10.4 Å². The highest BCUT2D eigenvalue weighted by Gasteiger charge is 2.32. The van der Waals surface area contributed by atoms with E-state index >= 15 is 0 Å². The molecule has 1 saturated carbocycles. The Morgan fingerprint density at radius 1 is 1.19 bits per heavy atom. The number of rotatable bonds is 5. The van der Waals surface area contributed by atoms with Gasteiger partial charge in [0.2, 0.25) is 10.0 Å². The van der Waals surface area contributed by atoms with Crippen molar-refractivity contribution < 1.29 is 26.4 Å². The van der Waals surface area contributed by atoms with E-state index in [1.165, 1.54) is 6.07 Å². The number of hydrogen-bond acceptors (Lipinski definition) is 4. The second kappa shape index (κ2) is 8.73. The van der Waals surface area contributed by atoms with Gasteiger partial charge in [0.05, 0.1) is 17.5 Å². The second-order valence-electron chi connectivity index (χ2n) is 6.44. The van der Waals surface area contributed by atoms with Gasteiger partial charge in [0, 0.05) is 5.71 Å². The van der Waals surface area contributed by atoms with Gasteiger partial charge in [0.25, 0.3) is 5.91 Å². The number of benzene rings is 1. The molecule has 0 heterocycles. The number of alkyl halides is 3. The normalized spacial score (nSPS) is 15.8. The van der Waals surface area contributed by atoms with E-state index in [1.807, 2.05) is 0 Å². The molecule has 6 nitrogen and oxygen atoms in total. The summed E-state index contributed by atoms with van der Waals surface area (Å²) in [5.74, 6) is -0.713. The van der Waals surface area contributed by atoms with Gasteiger partial charge in [-0.2, -0.15) is 18.3 Å². The SMILES string of the molecule is CS(=O)(=O)N(CC(=O)NN=C1CCCCCC1)c1cccc(C(F)(F)F)c1. The minimum Gasteiger partial charge on any atom is -0.271 e. The number of nitrogens with one attached hydrogen (secondary N) is 1. The van der Waals surface area contributed by atoms with Gasteiger partial charge in [0.15, 0.2) is 0 Å². The standard InChI is InChI=1S/C17H22F3N3O3S/c1-27(25,26)23(15-10-6-7-13(11-15)17(18,19)20)12-16(24)22-21-14-8-4-2-3-5-9-14/h6-7,10-11H,2-5,8-9,12H2,1H3,(H,22,24). The van der Waals surface area contributed by atoms with Crippen molar-refractivity contribution >= 4 is 27.3 Å². The van der Waals surface area contributed by atoms with Gasteiger partial charge in [-0.3, -0.25) is 9.10 Å². The molecule has 0 atom stereocenters. The molecule has 1 aliphatic carbocycles. The topological polar surface area (TPSA) is 78.8 Å². The van der Waals surface area contributed by atoms with E-state index in [0.717, 1.165) is 62.6 Å². The zero-order valence-corrected chi connectivity index (χ0v) is 15.7. The molecule has 150 valence electrons. The van der Waals surface area contributed by atoms with E-state index in [9.17, 15) is 26.4 Å². The summed E-state index contributed by atoms with van der Waals surface area (Å²) in [5, 5.41) is 4.04. The minimum absolute atomic E-state index is 0.232. The number of amides is 1. The first-order valence-electron chi connectivity index (χ1n) is 8.56. The number of hydrogen-bond donors (Lipinski definition) is 1. The molecule has 1 amide bonds. The fourth-order valence-electron chi connectivity index (χ4n) is 2.79. The molecule has 1 aliphatic rings. The Hall–Kier alpha value is -2.10. The molecular formula is C17H22F3N3O3S. The van der Waals surface area contributed by atoms with Gasteiger partial charge in [-0.25, -0.2) is 13.8 Å². The summed E-state index contributed by atoms with van der Waals surface area (Å²) in [6, 6.07) is 3.84. The van der Waals surface area contributed by atoms with Crippen LogP contribution in [-0.2, 0) is 21.0 Å². The fourth-order valence-corrected chi connectivity index (χ4v) is 3.64. The molecule has 0 saturated heterocycles. The summed E-state index contributed by atoms with van der Waals surface area (Å²) >= 11 is 0. The first-order valence-corrected chi connectivity index (χ1v) is 10.4. The molecule has 0 unspecified atom stereocenters. The van der Waals surface area contributed by atoms with Crippen LogP contribution >= 0.6 is 0 Å². The summed E-state index contributed by atoms with van der Waals surface area (Å²) in [6.07, 6.45) is 1.91. The third-order valence-corrected chi connectivity index (χ3v) is 5.31. The highest BCUT2D eigenvalue weighted by molar-refractivity contribution is 7.92. The van der Waals surface area contributed by atoms with Gasteiger partial charge < -0.3 is 0 Å². The zero-order chi connectivity index (χ0) is 20.1. The molecule has 0 aromatic heterocycles. The van der Waals surface area contributed by atoms with Gasteiger partial charge in [-0.05, 0) is 43.9 Å². The fraction of sp³-hybridized carbons (Fsp3) is 0.529. The Morgan fingerprint density at radius 2 is 1.81 bits per heavy atom. The average molecular weight is 405 g/mol. The van der Waals surface area contributed by atoms with Gasteiger partial charge in [0.1, 0.15) is 6.54 Å². The van der Waals surface area contributed by atoms with Crippen LogP contribution in [0.15, 0.2) is 29.4 Å². The number of carbonyl (C=O) groups excluding carboxylic acids is 1. The van der Waals surface area contributed by atoms with E-state index < -0.39 is 34.2 Å².